The summed E-state index contributed by atoms with van der Waals surface area (Å²) in [5.74, 6) is -0.697. The third-order valence-corrected chi connectivity index (χ3v) is 8.55. The molecule has 1 atom stereocenters. The summed E-state index contributed by atoms with van der Waals surface area (Å²) in [6.07, 6.45) is 0.681. The molecule has 0 aliphatic carbocycles. The van der Waals surface area contributed by atoms with E-state index in [0.717, 1.165) is 45.3 Å². The van der Waals surface area contributed by atoms with Crippen LogP contribution in [0.3, 0.4) is 0 Å². The molecule has 4 heterocycles. The highest BCUT2D eigenvalue weighted by atomic mass is 35.5. The number of hydrogen-bond donors (Lipinski definition) is 1. The van der Waals surface area contributed by atoms with Gasteiger partial charge in [-0.05, 0) is 76.5 Å². The van der Waals surface area contributed by atoms with Crippen LogP contribution in [0, 0.1) is 12.7 Å². The molecule has 0 amide bonds. The van der Waals surface area contributed by atoms with E-state index in [1.165, 1.54) is 31.2 Å². The quantitative estimate of drug-likeness (QED) is 0.266. The molecule has 0 bridgehead atoms. The zero-order chi connectivity index (χ0) is 28.2. The van der Waals surface area contributed by atoms with Crippen LogP contribution in [0.25, 0.3) is 32.9 Å². The first-order valence-corrected chi connectivity index (χ1v) is 13.9. The summed E-state index contributed by atoms with van der Waals surface area (Å²) in [6, 6.07) is 5.84. The van der Waals surface area contributed by atoms with Gasteiger partial charge in [0.2, 0.25) is 5.88 Å². The Hall–Kier alpha value is -2.95. The van der Waals surface area contributed by atoms with E-state index in [1.807, 2.05) is 11.7 Å². The molecule has 2 aliphatic heterocycles. The topological polar surface area (TPSA) is 55.2 Å². The molecule has 11 heteroatoms. The lowest BCUT2D eigenvalue weighted by atomic mass is 9.94. The summed E-state index contributed by atoms with van der Waals surface area (Å²) in [5, 5.41) is 8.90. The second-order valence-electron chi connectivity index (χ2n) is 10.8. The molecule has 0 radical (unpaired) electrons. The highest BCUT2D eigenvalue weighted by Gasteiger charge is 2.37. The first-order valence-electron chi connectivity index (χ1n) is 13.5. The number of pyridine rings is 1. The van der Waals surface area contributed by atoms with Crippen LogP contribution in [0.1, 0.15) is 42.9 Å². The highest BCUT2D eigenvalue weighted by molar-refractivity contribution is 6.34. The van der Waals surface area contributed by atoms with Gasteiger partial charge >= 0.3 is 6.18 Å². The molecule has 2 aliphatic rings. The van der Waals surface area contributed by atoms with Crippen LogP contribution >= 0.6 is 11.6 Å². The Labute approximate surface area is 234 Å². The number of ether oxygens (including phenoxy) is 1. The average Bonchev–Trinajstić information content (AvgIpc) is 3.54. The molecule has 1 unspecified atom stereocenters. The number of alkyl halides is 3. The van der Waals surface area contributed by atoms with E-state index in [1.54, 1.807) is 6.20 Å². The number of nitrogens with one attached hydrogen (secondary N) is 1. The number of aryl methyl sites for hydroxylation is 1. The lowest BCUT2D eigenvalue weighted by Crippen LogP contribution is -2.30. The molecule has 6 rings (SSSR count). The molecular weight excluding hydrogens is 546 g/mol. The monoisotopic (exact) mass is 575 g/mol. The molecule has 2 saturated heterocycles. The predicted molar refractivity (Wildman–Crippen MR) is 147 cm³/mol. The van der Waals surface area contributed by atoms with E-state index in [0.29, 0.717) is 22.9 Å². The highest BCUT2D eigenvalue weighted by Crippen LogP contribution is 2.45. The summed E-state index contributed by atoms with van der Waals surface area (Å²) in [4.78, 5) is 6.78. The van der Waals surface area contributed by atoms with Gasteiger partial charge in [-0.3, -0.25) is 4.68 Å². The van der Waals surface area contributed by atoms with Gasteiger partial charge in [0, 0.05) is 17.0 Å². The van der Waals surface area contributed by atoms with Gasteiger partial charge < -0.3 is 15.0 Å². The smallest absolute Gasteiger partial charge is 0.417 e. The molecule has 2 aromatic carbocycles. The third-order valence-electron chi connectivity index (χ3n) is 8.25. The van der Waals surface area contributed by atoms with E-state index < -0.39 is 17.6 Å². The number of likely N-dealkylation sites (tertiary alicyclic amines) is 1. The standard InChI is InChI=1S/C29H30ClF4N5O/c1-16-5-3-7-19(24(16)29(32,33)34)23-22(30)13-20-26(25(23)31)37-28(40-15-18-6-4-12-38(18)2)21-14-36-39(27(20)21)17-8-10-35-11-9-17/h3,5,7,13-14,17-18,35H,4,6,8-12,15H2,1-2H3. The number of hydrogen-bond acceptors (Lipinski definition) is 5. The average molecular weight is 576 g/mol. The van der Waals surface area contributed by atoms with Crippen molar-refractivity contribution >= 4 is 33.4 Å². The van der Waals surface area contributed by atoms with Crippen LogP contribution in [0.4, 0.5) is 17.6 Å². The minimum absolute atomic E-state index is 0.0161. The summed E-state index contributed by atoms with van der Waals surface area (Å²) in [7, 11) is 2.04. The maximum absolute atomic E-state index is 16.5. The van der Waals surface area contributed by atoms with Gasteiger partial charge in [0.25, 0.3) is 0 Å². The van der Waals surface area contributed by atoms with E-state index >= 15 is 4.39 Å². The molecule has 212 valence electrons. The van der Waals surface area contributed by atoms with Crippen LogP contribution in [-0.2, 0) is 6.18 Å². The molecule has 1 N–H and O–H groups in total. The minimum Gasteiger partial charge on any atom is -0.475 e. The zero-order valence-corrected chi connectivity index (χ0v) is 23.0. The Kier molecular flexibility index (Phi) is 7.13. The number of piperidine rings is 1. The number of likely N-dealkylation sites (N-methyl/N-ethyl adjacent to an activating group) is 1. The molecular formula is C29H30ClF4N5O. The molecule has 4 aromatic rings. The summed E-state index contributed by atoms with van der Waals surface area (Å²) >= 11 is 6.61. The lowest BCUT2D eigenvalue weighted by molar-refractivity contribution is -0.137. The second kappa shape index (κ2) is 10.5. The number of aromatic nitrogens is 3. The van der Waals surface area contributed by atoms with Crippen LogP contribution in [0.5, 0.6) is 5.88 Å². The van der Waals surface area contributed by atoms with Crippen molar-refractivity contribution in [2.45, 2.75) is 50.9 Å². The van der Waals surface area contributed by atoms with Crippen LogP contribution in [0.15, 0.2) is 30.5 Å². The fourth-order valence-corrected chi connectivity index (χ4v) is 6.44. The Balaban J connectivity index is 1.58. The Morgan fingerprint density at radius 2 is 1.93 bits per heavy atom. The number of fused-ring (bicyclic) bond motifs is 3. The van der Waals surface area contributed by atoms with Crippen molar-refractivity contribution in [3.63, 3.8) is 0 Å². The third kappa shape index (κ3) is 4.69. The first kappa shape index (κ1) is 27.2. The van der Waals surface area contributed by atoms with Crippen molar-refractivity contribution in [1.29, 1.82) is 0 Å². The van der Waals surface area contributed by atoms with E-state index in [2.05, 4.69) is 20.3 Å². The summed E-state index contributed by atoms with van der Waals surface area (Å²) in [5.41, 5.74) is -1.05. The maximum Gasteiger partial charge on any atom is 0.417 e. The van der Waals surface area contributed by atoms with Crippen LogP contribution in [-0.4, -0.2) is 59.0 Å². The SMILES string of the molecule is Cc1cccc(-c2c(Cl)cc3c(nc(OCC4CCCN4C)c4cnn(C5CCNCC5)c43)c2F)c1C(F)(F)F. The van der Waals surface area contributed by atoms with Crippen LogP contribution < -0.4 is 10.1 Å². The van der Waals surface area contributed by atoms with Gasteiger partial charge in [0.15, 0.2) is 5.82 Å². The van der Waals surface area contributed by atoms with Crippen molar-refractivity contribution in [2.24, 2.45) is 0 Å². The molecule has 0 spiro atoms. The van der Waals surface area contributed by atoms with E-state index in [-0.39, 0.29) is 45.2 Å². The van der Waals surface area contributed by atoms with Gasteiger partial charge in [-0.2, -0.15) is 18.3 Å². The summed E-state index contributed by atoms with van der Waals surface area (Å²) in [6.45, 7) is 4.32. The number of benzene rings is 2. The molecule has 6 nitrogen and oxygen atoms in total. The normalized spacial score (nSPS) is 19.2. The Bertz CT molecular complexity index is 1580. The van der Waals surface area contributed by atoms with Gasteiger partial charge in [-0.25, -0.2) is 9.37 Å². The first-order chi connectivity index (χ1) is 19.1. The number of nitrogens with zero attached hydrogens (tertiary/aromatic N) is 4. The van der Waals surface area contributed by atoms with Crippen molar-refractivity contribution in [2.75, 3.05) is 33.3 Å². The molecule has 2 aromatic heterocycles. The lowest BCUT2D eigenvalue weighted by Gasteiger charge is -2.24. The van der Waals surface area contributed by atoms with Gasteiger partial charge in [0.1, 0.15) is 12.1 Å². The molecule has 40 heavy (non-hydrogen) atoms. The van der Waals surface area contributed by atoms with Crippen molar-refractivity contribution in [1.82, 2.24) is 25.0 Å². The molecule has 0 saturated carbocycles. The minimum atomic E-state index is -4.70. The van der Waals surface area contributed by atoms with Crippen molar-refractivity contribution in [3.8, 4) is 17.0 Å². The number of rotatable bonds is 5. The van der Waals surface area contributed by atoms with E-state index in [4.69, 9.17) is 16.3 Å². The van der Waals surface area contributed by atoms with Crippen LogP contribution in [0.2, 0.25) is 5.02 Å². The van der Waals surface area contributed by atoms with E-state index in [9.17, 15) is 13.2 Å². The predicted octanol–water partition coefficient (Wildman–Crippen LogP) is 6.77. The van der Waals surface area contributed by atoms with Crippen molar-refractivity contribution in [3.05, 3.63) is 52.4 Å². The van der Waals surface area contributed by atoms with Gasteiger partial charge in [-0.1, -0.05) is 29.8 Å². The molecule has 2 fully saturated rings. The van der Waals surface area contributed by atoms with Gasteiger partial charge in [-0.15, -0.1) is 0 Å². The number of halogens is 5. The second-order valence-corrected chi connectivity index (χ2v) is 11.2. The van der Waals surface area contributed by atoms with Crippen molar-refractivity contribution < 1.29 is 22.3 Å². The maximum atomic E-state index is 16.5. The summed E-state index contributed by atoms with van der Waals surface area (Å²) < 4.78 is 66.9. The fourth-order valence-electron chi connectivity index (χ4n) is 6.15. The zero-order valence-electron chi connectivity index (χ0n) is 22.3. The Morgan fingerprint density at radius 1 is 1.15 bits per heavy atom. The Morgan fingerprint density at radius 3 is 2.62 bits per heavy atom. The largest absolute Gasteiger partial charge is 0.475 e. The van der Waals surface area contributed by atoms with Gasteiger partial charge in [0.05, 0.1) is 33.7 Å². The fraction of sp³-hybridized carbons (Fsp3) is 0.448.